The van der Waals surface area contributed by atoms with Gasteiger partial charge in [0.15, 0.2) is 0 Å². The molecule has 3 heterocycles. The number of carbonyl (C=O) groups excluding carboxylic acids is 2. The number of benzene rings is 1. The van der Waals surface area contributed by atoms with Gasteiger partial charge in [0.25, 0.3) is 0 Å². The van der Waals surface area contributed by atoms with Crippen LogP contribution in [0, 0.1) is 11.2 Å². The fourth-order valence-electron chi connectivity index (χ4n) is 5.18. The van der Waals surface area contributed by atoms with Crippen molar-refractivity contribution in [3.8, 4) is 0 Å². The lowest BCUT2D eigenvalue weighted by Gasteiger charge is -2.41. The zero-order valence-corrected chi connectivity index (χ0v) is 21.5. The summed E-state index contributed by atoms with van der Waals surface area (Å²) in [6.45, 7) is 11.5. The van der Waals surface area contributed by atoms with Crippen LogP contribution in [-0.2, 0) is 16.0 Å². The van der Waals surface area contributed by atoms with Crippen molar-refractivity contribution >= 4 is 23.2 Å². The molecule has 184 valence electrons. The van der Waals surface area contributed by atoms with Crippen LogP contribution < -0.4 is 0 Å². The average molecular weight is 486 g/mol. The zero-order chi connectivity index (χ0) is 24.5. The lowest BCUT2D eigenvalue weighted by molar-refractivity contribution is -0.143. The zero-order valence-electron chi connectivity index (χ0n) is 20.7. The molecule has 2 aliphatic heterocycles. The molecule has 0 spiro atoms. The van der Waals surface area contributed by atoms with Gasteiger partial charge >= 0.3 is 0 Å². The minimum Gasteiger partial charge on any atom is -0.339 e. The minimum atomic E-state index is -0.233. The van der Waals surface area contributed by atoms with Gasteiger partial charge in [-0.25, -0.2) is 4.39 Å². The molecule has 0 radical (unpaired) electrons. The number of amides is 2. The third-order valence-electron chi connectivity index (χ3n) is 6.83. The standard InChI is InChI=1S/C27H36FN3O2S/c1-19-18-30(13-14-31(19)25(33)17-27(2,3)4)24(32)9-12-29-11-8-23-22(10-15-34-23)26(29)20-6-5-7-21(28)16-20/h5-7,10,15-16,19,26H,8-9,11-14,17-18H2,1-4H3/t19-,26+/m1/s1. The molecule has 0 aliphatic carbocycles. The molecule has 0 N–H and O–H groups in total. The van der Waals surface area contributed by atoms with Crippen molar-refractivity contribution in [2.24, 2.45) is 5.41 Å². The van der Waals surface area contributed by atoms with E-state index in [1.54, 1.807) is 23.5 Å². The predicted octanol–water partition coefficient (Wildman–Crippen LogP) is 4.72. The Morgan fingerprint density at radius 2 is 1.91 bits per heavy atom. The maximum absolute atomic E-state index is 14.0. The topological polar surface area (TPSA) is 43.9 Å². The molecule has 2 amide bonds. The van der Waals surface area contributed by atoms with Crippen molar-refractivity contribution in [1.29, 1.82) is 0 Å². The Morgan fingerprint density at radius 1 is 1.12 bits per heavy atom. The third kappa shape index (κ3) is 5.69. The van der Waals surface area contributed by atoms with Gasteiger partial charge in [0.05, 0.1) is 6.04 Å². The third-order valence-corrected chi connectivity index (χ3v) is 7.82. The first-order chi connectivity index (χ1) is 16.1. The number of carbonyl (C=O) groups is 2. The summed E-state index contributed by atoms with van der Waals surface area (Å²) in [5.74, 6) is 0.0672. The molecule has 5 nitrogen and oxygen atoms in total. The smallest absolute Gasteiger partial charge is 0.223 e. The van der Waals surface area contributed by atoms with Gasteiger partial charge < -0.3 is 9.80 Å². The number of thiophene rings is 1. The fourth-order valence-corrected chi connectivity index (χ4v) is 6.09. The lowest BCUT2D eigenvalue weighted by Crippen LogP contribution is -2.56. The Labute approximate surface area is 206 Å². The van der Waals surface area contributed by atoms with Gasteiger partial charge in [0.2, 0.25) is 11.8 Å². The van der Waals surface area contributed by atoms with E-state index in [4.69, 9.17) is 0 Å². The Bertz CT molecular complexity index is 1030. The second-order valence-electron chi connectivity index (χ2n) is 10.8. The van der Waals surface area contributed by atoms with Crippen LogP contribution in [0.4, 0.5) is 4.39 Å². The summed E-state index contributed by atoms with van der Waals surface area (Å²) in [5.41, 5.74) is 2.12. The van der Waals surface area contributed by atoms with Crippen molar-refractivity contribution < 1.29 is 14.0 Å². The first-order valence-corrected chi connectivity index (χ1v) is 13.1. The molecule has 1 saturated heterocycles. The van der Waals surface area contributed by atoms with Crippen molar-refractivity contribution in [3.05, 3.63) is 57.5 Å². The predicted molar refractivity (Wildman–Crippen MR) is 134 cm³/mol. The molecular formula is C27H36FN3O2S. The Hall–Kier alpha value is -2.25. The average Bonchev–Trinajstić information content (AvgIpc) is 3.24. The van der Waals surface area contributed by atoms with Crippen molar-refractivity contribution in [1.82, 2.24) is 14.7 Å². The summed E-state index contributed by atoms with van der Waals surface area (Å²) in [5, 5.41) is 2.10. The van der Waals surface area contributed by atoms with E-state index in [9.17, 15) is 14.0 Å². The van der Waals surface area contributed by atoms with E-state index in [1.807, 2.05) is 22.8 Å². The normalized spacial score (nSPS) is 21.4. The number of nitrogens with zero attached hydrogens (tertiary/aromatic N) is 3. The van der Waals surface area contributed by atoms with Gasteiger partial charge in [0.1, 0.15) is 5.82 Å². The summed E-state index contributed by atoms with van der Waals surface area (Å²) < 4.78 is 14.0. The SMILES string of the molecule is C[C@@H]1CN(C(=O)CCN2CCc3sccc3[C@@H]2c2cccc(F)c2)CCN1C(=O)CC(C)(C)C. The van der Waals surface area contributed by atoms with Crippen LogP contribution in [-0.4, -0.2) is 65.3 Å². The van der Waals surface area contributed by atoms with Crippen LogP contribution in [0.3, 0.4) is 0 Å². The van der Waals surface area contributed by atoms with Crippen LogP contribution in [0.5, 0.6) is 0 Å². The largest absolute Gasteiger partial charge is 0.339 e. The monoisotopic (exact) mass is 485 g/mol. The van der Waals surface area contributed by atoms with Crippen molar-refractivity contribution in [3.63, 3.8) is 0 Å². The van der Waals surface area contributed by atoms with E-state index >= 15 is 0 Å². The summed E-state index contributed by atoms with van der Waals surface area (Å²) in [4.78, 5) is 33.3. The van der Waals surface area contributed by atoms with Gasteiger partial charge in [-0.1, -0.05) is 32.9 Å². The van der Waals surface area contributed by atoms with Crippen LogP contribution in [0.15, 0.2) is 35.7 Å². The second-order valence-corrected chi connectivity index (χ2v) is 11.8. The highest BCUT2D eigenvalue weighted by Crippen LogP contribution is 2.38. The highest BCUT2D eigenvalue weighted by atomic mass is 32.1. The van der Waals surface area contributed by atoms with E-state index < -0.39 is 0 Å². The molecule has 0 saturated carbocycles. The van der Waals surface area contributed by atoms with Crippen molar-refractivity contribution in [2.45, 2.75) is 59.0 Å². The Morgan fingerprint density at radius 3 is 2.62 bits per heavy atom. The molecule has 0 bridgehead atoms. The van der Waals surface area contributed by atoms with Gasteiger partial charge in [-0.2, -0.15) is 0 Å². The number of hydrogen-bond donors (Lipinski definition) is 0. The summed E-state index contributed by atoms with van der Waals surface area (Å²) >= 11 is 1.76. The molecule has 1 aromatic carbocycles. The van der Waals surface area contributed by atoms with E-state index in [2.05, 4.69) is 37.1 Å². The molecule has 0 unspecified atom stereocenters. The Kier molecular flexibility index (Phi) is 7.43. The number of rotatable bonds is 5. The quantitative estimate of drug-likeness (QED) is 0.616. The van der Waals surface area contributed by atoms with Crippen LogP contribution in [0.25, 0.3) is 0 Å². The molecular weight excluding hydrogens is 449 g/mol. The summed E-state index contributed by atoms with van der Waals surface area (Å²) in [6.07, 6.45) is 1.90. The molecule has 1 aromatic heterocycles. The van der Waals surface area contributed by atoms with Crippen molar-refractivity contribution in [2.75, 3.05) is 32.7 Å². The van der Waals surface area contributed by atoms with Crippen LogP contribution in [0.2, 0.25) is 0 Å². The molecule has 2 aromatic rings. The summed E-state index contributed by atoms with van der Waals surface area (Å²) in [6, 6.07) is 8.96. The van der Waals surface area contributed by atoms with E-state index in [-0.39, 0.29) is 35.1 Å². The van der Waals surface area contributed by atoms with Gasteiger partial charge in [0, 0.05) is 56.5 Å². The maximum atomic E-state index is 14.0. The molecule has 2 atom stereocenters. The van der Waals surface area contributed by atoms with E-state index in [0.29, 0.717) is 39.0 Å². The molecule has 1 fully saturated rings. The number of piperazine rings is 1. The van der Waals surface area contributed by atoms with E-state index in [0.717, 1.165) is 18.5 Å². The lowest BCUT2D eigenvalue weighted by atomic mass is 9.91. The fraction of sp³-hybridized carbons (Fsp3) is 0.556. The number of halogens is 1. The maximum Gasteiger partial charge on any atom is 0.223 e. The van der Waals surface area contributed by atoms with Crippen LogP contribution in [0.1, 0.15) is 62.6 Å². The van der Waals surface area contributed by atoms with Gasteiger partial charge in [-0.3, -0.25) is 14.5 Å². The number of fused-ring (bicyclic) bond motifs is 1. The Balaban J connectivity index is 1.38. The molecule has 7 heteroatoms. The molecule has 34 heavy (non-hydrogen) atoms. The van der Waals surface area contributed by atoms with Gasteiger partial charge in [-0.05, 0) is 53.5 Å². The van der Waals surface area contributed by atoms with Gasteiger partial charge in [-0.15, -0.1) is 11.3 Å². The highest BCUT2D eigenvalue weighted by Gasteiger charge is 2.33. The van der Waals surface area contributed by atoms with E-state index in [1.165, 1.54) is 16.5 Å². The first-order valence-electron chi connectivity index (χ1n) is 12.3. The highest BCUT2D eigenvalue weighted by molar-refractivity contribution is 7.10. The summed E-state index contributed by atoms with van der Waals surface area (Å²) in [7, 11) is 0. The molecule has 2 aliphatic rings. The number of hydrogen-bond acceptors (Lipinski definition) is 4. The van der Waals surface area contributed by atoms with Crippen LogP contribution >= 0.6 is 11.3 Å². The molecule has 4 rings (SSSR count). The first kappa shape index (κ1) is 24.9. The second kappa shape index (κ2) is 10.2. The minimum absolute atomic E-state index is 0.0238.